The van der Waals surface area contributed by atoms with Gasteiger partial charge in [0.25, 0.3) is 5.92 Å². The smallest absolute Gasteiger partial charge is 0.264 e. The van der Waals surface area contributed by atoms with Crippen LogP contribution in [0.1, 0.15) is 5.56 Å². The van der Waals surface area contributed by atoms with E-state index in [1.165, 1.54) is 18.2 Å². The molecule has 0 fully saturated rings. The highest BCUT2D eigenvalue weighted by Gasteiger charge is 2.28. The average Bonchev–Trinajstić information content (AvgIpc) is 2.13. The molecule has 1 nitrogen and oxygen atoms in total. The lowest BCUT2D eigenvalue weighted by atomic mass is 10.1. The van der Waals surface area contributed by atoms with Gasteiger partial charge in [-0.1, -0.05) is 12.1 Å². The molecule has 1 aromatic rings. The van der Waals surface area contributed by atoms with Gasteiger partial charge in [-0.2, -0.15) is 0 Å². The fourth-order valence-electron chi connectivity index (χ4n) is 1.04. The quantitative estimate of drug-likeness (QED) is 0.896. The number of halogens is 4. The Labute approximate surface area is 88.2 Å². The van der Waals surface area contributed by atoms with Gasteiger partial charge in [0.1, 0.15) is 5.82 Å². The molecule has 0 atom stereocenters. The number of hydrogen-bond donors (Lipinski definition) is 1. The monoisotopic (exact) mass is 267 g/mol. The molecule has 0 radical (unpaired) electrons. The van der Waals surface area contributed by atoms with Crippen molar-refractivity contribution in [1.29, 1.82) is 0 Å². The Hall–Kier alpha value is -0.550. The molecule has 0 spiro atoms. The van der Waals surface area contributed by atoms with Crippen LogP contribution in [0, 0.1) is 5.82 Å². The third-order valence-electron chi connectivity index (χ3n) is 1.78. The summed E-state index contributed by atoms with van der Waals surface area (Å²) in [6, 6.07) is 4.29. The van der Waals surface area contributed by atoms with Crippen molar-refractivity contribution in [1.82, 2.24) is 0 Å². The van der Waals surface area contributed by atoms with Crippen LogP contribution in [0.3, 0.4) is 0 Å². The van der Waals surface area contributed by atoms with Crippen molar-refractivity contribution in [2.45, 2.75) is 12.3 Å². The molecule has 0 aliphatic heterocycles. The summed E-state index contributed by atoms with van der Waals surface area (Å²) >= 11 is 2.92. The Morgan fingerprint density at radius 1 is 1.36 bits per heavy atom. The molecule has 0 unspecified atom stereocenters. The van der Waals surface area contributed by atoms with Crippen LogP contribution in [-0.4, -0.2) is 12.5 Å². The molecular formula is C9H9BrF3N. The fraction of sp³-hybridized carbons (Fsp3) is 0.333. The van der Waals surface area contributed by atoms with Crippen LogP contribution in [0.5, 0.6) is 0 Å². The molecule has 1 rings (SSSR count). The largest absolute Gasteiger partial charge is 0.325 e. The van der Waals surface area contributed by atoms with Gasteiger partial charge in [0.05, 0.1) is 11.0 Å². The van der Waals surface area contributed by atoms with E-state index in [0.29, 0.717) is 0 Å². The predicted molar refractivity (Wildman–Crippen MR) is 51.8 cm³/mol. The molecule has 14 heavy (non-hydrogen) atoms. The lowest BCUT2D eigenvalue weighted by Gasteiger charge is -2.14. The standard InChI is InChI=1S/C9H9BrF3N/c10-7-3-1-2-6(8(7)11)4-9(12,13)5-14/h1-3H,4-5,14H2. The highest BCUT2D eigenvalue weighted by Crippen LogP contribution is 2.24. The van der Waals surface area contributed by atoms with Crippen LogP contribution in [0.25, 0.3) is 0 Å². The molecule has 0 aliphatic carbocycles. The molecule has 0 saturated heterocycles. The summed E-state index contributed by atoms with van der Waals surface area (Å²) < 4.78 is 39.1. The molecular weight excluding hydrogens is 259 g/mol. The Morgan fingerprint density at radius 2 is 2.00 bits per heavy atom. The van der Waals surface area contributed by atoms with Crippen molar-refractivity contribution >= 4 is 15.9 Å². The van der Waals surface area contributed by atoms with Crippen LogP contribution in [0.2, 0.25) is 0 Å². The fourth-order valence-corrected chi connectivity index (χ4v) is 1.44. The van der Waals surface area contributed by atoms with E-state index in [1.807, 2.05) is 0 Å². The van der Waals surface area contributed by atoms with E-state index >= 15 is 0 Å². The second-order valence-electron chi connectivity index (χ2n) is 2.95. The molecule has 5 heteroatoms. The second kappa shape index (κ2) is 4.31. The third kappa shape index (κ3) is 2.72. The van der Waals surface area contributed by atoms with Crippen molar-refractivity contribution < 1.29 is 13.2 Å². The highest BCUT2D eigenvalue weighted by atomic mass is 79.9. The maximum atomic E-state index is 13.2. The lowest BCUT2D eigenvalue weighted by Crippen LogP contribution is -2.30. The molecule has 1 aromatic carbocycles. The Balaban J connectivity index is 2.92. The van der Waals surface area contributed by atoms with E-state index in [2.05, 4.69) is 15.9 Å². The summed E-state index contributed by atoms with van der Waals surface area (Å²) in [5, 5.41) is 0. The van der Waals surface area contributed by atoms with Gasteiger partial charge in [-0.05, 0) is 27.6 Å². The van der Waals surface area contributed by atoms with Crippen molar-refractivity contribution in [2.75, 3.05) is 6.54 Å². The minimum absolute atomic E-state index is 0.0326. The first-order valence-corrected chi connectivity index (χ1v) is 4.76. The maximum absolute atomic E-state index is 13.2. The first-order valence-electron chi connectivity index (χ1n) is 3.97. The van der Waals surface area contributed by atoms with E-state index in [1.54, 1.807) is 0 Å². The van der Waals surface area contributed by atoms with Gasteiger partial charge in [0.15, 0.2) is 0 Å². The van der Waals surface area contributed by atoms with E-state index < -0.39 is 24.7 Å². The first kappa shape index (κ1) is 11.5. The van der Waals surface area contributed by atoms with Gasteiger partial charge in [0, 0.05) is 6.42 Å². The number of benzene rings is 1. The van der Waals surface area contributed by atoms with Crippen molar-refractivity contribution in [3.63, 3.8) is 0 Å². The first-order chi connectivity index (χ1) is 6.46. The lowest BCUT2D eigenvalue weighted by molar-refractivity contribution is 0.0106. The van der Waals surface area contributed by atoms with Gasteiger partial charge < -0.3 is 5.73 Å². The zero-order chi connectivity index (χ0) is 10.8. The zero-order valence-corrected chi connectivity index (χ0v) is 8.82. The normalized spacial score (nSPS) is 11.8. The topological polar surface area (TPSA) is 26.0 Å². The van der Waals surface area contributed by atoms with Crippen molar-refractivity contribution in [3.8, 4) is 0 Å². The van der Waals surface area contributed by atoms with E-state index in [9.17, 15) is 13.2 Å². The SMILES string of the molecule is NCC(F)(F)Cc1cccc(Br)c1F. The Kier molecular flexibility index (Phi) is 3.55. The highest BCUT2D eigenvalue weighted by molar-refractivity contribution is 9.10. The minimum atomic E-state index is -3.05. The summed E-state index contributed by atoms with van der Waals surface area (Å²) in [4.78, 5) is 0. The summed E-state index contributed by atoms with van der Waals surface area (Å²) in [6.07, 6.45) is -0.672. The summed E-state index contributed by atoms with van der Waals surface area (Å²) in [5.41, 5.74) is 4.83. The molecule has 0 amide bonds. The van der Waals surface area contributed by atoms with E-state index in [0.717, 1.165) is 0 Å². The molecule has 0 bridgehead atoms. The van der Waals surface area contributed by atoms with Crippen LogP contribution >= 0.6 is 15.9 Å². The molecule has 2 N–H and O–H groups in total. The number of nitrogens with two attached hydrogens (primary N) is 1. The summed E-state index contributed by atoms with van der Waals surface area (Å²) in [6.45, 7) is -0.779. The summed E-state index contributed by atoms with van der Waals surface area (Å²) in [7, 11) is 0. The number of rotatable bonds is 3. The molecule has 0 saturated carbocycles. The predicted octanol–water partition coefficient (Wildman–Crippen LogP) is 2.72. The molecule has 78 valence electrons. The Morgan fingerprint density at radius 3 is 2.57 bits per heavy atom. The number of alkyl halides is 2. The molecule has 0 aliphatic rings. The van der Waals surface area contributed by atoms with Gasteiger partial charge in [0.2, 0.25) is 0 Å². The van der Waals surface area contributed by atoms with E-state index in [-0.39, 0.29) is 10.0 Å². The average molecular weight is 268 g/mol. The third-order valence-corrected chi connectivity index (χ3v) is 2.39. The van der Waals surface area contributed by atoms with Gasteiger partial charge in [-0.25, -0.2) is 13.2 Å². The van der Waals surface area contributed by atoms with E-state index in [4.69, 9.17) is 5.73 Å². The maximum Gasteiger partial charge on any atom is 0.264 e. The van der Waals surface area contributed by atoms with Crippen LogP contribution < -0.4 is 5.73 Å². The van der Waals surface area contributed by atoms with Crippen LogP contribution in [0.4, 0.5) is 13.2 Å². The van der Waals surface area contributed by atoms with Gasteiger partial charge in [-0.3, -0.25) is 0 Å². The second-order valence-corrected chi connectivity index (χ2v) is 3.80. The van der Waals surface area contributed by atoms with Crippen LogP contribution in [0.15, 0.2) is 22.7 Å². The minimum Gasteiger partial charge on any atom is -0.325 e. The van der Waals surface area contributed by atoms with Crippen LogP contribution in [-0.2, 0) is 6.42 Å². The van der Waals surface area contributed by atoms with Gasteiger partial charge in [-0.15, -0.1) is 0 Å². The molecule has 0 aromatic heterocycles. The van der Waals surface area contributed by atoms with Crippen molar-refractivity contribution in [2.24, 2.45) is 5.73 Å². The van der Waals surface area contributed by atoms with Crippen molar-refractivity contribution in [3.05, 3.63) is 34.1 Å². The zero-order valence-electron chi connectivity index (χ0n) is 7.24. The molecule has 0 heterocycles. The summed E-state index contributed by atoms with van der Waals surface area (Å²) in [5.74, 6) is -3.71. The van der Waals surface area contributed by atoms with Gasteiger partial charge >= 0.3 is 0 Å². The Bertz CT molecular complexity index is 328. The number of hydrogen-bond acceptors (Lipinski definition) is 1.